The summed E-state index contributed by atoms with van der Waals surface area (Å²) in [6, 6.07) is 14.5. The topological polar surface area (TPSA) is 24.9 Å². The Labute approximate surface area is 99.1 Å². The highest BCUT2D eigenvalue weighted by Crippen LogP contribution is 2.41. The first-order chi connectivity index (χ1) is 7.93. The molecule has 80 valence electrons. The van der Waals surface area contributed by atoms with E-state index in [1.807, 2.05) is 30.1 Å². The van der Waals surface area contributed by atoms with E-state index in [1.165, 1.54) is 10.6 Å². The number of anilines is 1. The van der Waals surface area contributed by atoms with Gasteiger partial charge >= 0.3 is 0 Å². The number of benzene rings is 1. The van der Waals surface area contributed by atoms with E-state index < -0.39 is 0 Å². The fourth-order valence-corrected chi connectivity index (χ4v) is 3.00. The zero-order valence-corrected chi connectivity index (χ0v) is 9.58. The van der Waals surface area contributed by atoms with Crippen molar-refractivity contribution in [2.24, 2.45) is 0 Å². The molecule has 0 saturated heterocycles. The second-order valence-electron chi connectivity index (χ2n) is 3.74. The summed E-state index contributed by atoms with van der Waals surface area (Å²) >= 11 is 1.89. The van der Waals surface area contributed by atoms with Crippen molar-refractivity contribution in [3.63, 3.8) is 0 Å². The van der Waals surface area contributed by atoms with Crippen molar-refractivity contribution in [1.82, 2.24) is 4.98 Å². The summed E-state index contributed by atoms with van der Waals surface area (Å²) in [5.74, 6) is 0. The number of hydrogen-bond donors (Lipinski definition) is 1. The van der Waals surface area contributed by atoms with Crippen LogP contribution in [0.5, 0.6) is 0 Å². The van der Waals surface area contributed by atoms with Gasteiger partial charge in [-0.3, -0.25) is 4.98 Å². The van der Waals surface area contributed by atoms with Crippen LogP contribution in [0.1, 0.15) is 10.9 Å². The van der Waals surface area contributed by atoms with Gasteiger partial charge in [0.05, 0.1) is 10.9 Å². The van der Waals surface area contributed by atoms with Crippen molar-refractivity contribution in [2.75, 3.05) is 11.9 Å². The molecule has 0 saturated carbocycles. The largest absolute Gasteiger partial charge is 0.383 e. The molecule has 1 N–H and O–H groups in total. The molecule has 1 aromatic carbocycles. The molecule has 0 bridgehead atoms. The number of rotatable bonds is 1. The molecule has 1 aliphatic heterocycles. The monoisotopic (exact) mass is 228 g/mol. The molecule has 1 aliphatic rings. The number of para-hydroxylation sites is 1. The van der Waals surface area contributed by atoms with Crippen molar-refractivity contribution in [3.8, 4) is 0 Å². The van der Waals surface area contributed by atoms with E-state index in [1.54, 1.807) is 0 Å². The smallest absolute Gasteiger partial charge is 0.0690 e. The number of nitrogens with one attached hydrogen (secondary N) is 1. The van der Waals surface area contributed by atoms with Crippen LogP contribution >= 0.6 is 11.8 Å². The van der Waals surface area contributed by atoms with E-state index in [4.69, 9.17) is 0 Å². The molecule has 2 aromatic rings. The highest BCUT2D eigenvalue weighted by Gasteiger charge is 2.20. The Kier molecular flexibility index (Phi) is 2.54. The lowest BCUT2D eigenvalue weighted by molar-refractivity contribution is 0.917. The van der Waals surface area contributed by atoms with Gasteiger partial charge in [-0.2, -0.15) is 0 Å². The first kappa shape index (κ1) is 9.73. The maximum absolute atomic E-state index is 4.41. The van der Waals surface area contributed by atoms with Crippen LogP contribution in [0.25, 0.3) is 0 Å². The molecule has 0 aliphatic carbocycles. The lowest BCUT2D eigenvalue weighted by Gasteiger charge is -2.24. The van der Waals surface area contributed by atoms with Crippen molar-refractivity contribution in [3.05, 3.63) is 54.4 Å². The first-order valence-corrected chi connectivity index (χ1v) is 6.22. The summed E-state index contributed by atoms with van der Waals surface area (Å²) in [7, 11) is 0. The normalized spacial score (nSPS) is 18.6. The minimum atomic E-state index is 0.413. The first-order valence-electron chi connectivity index (χ1n) is 5.34. The number of pyridine rings is 1. The van der Waals surface area contributed by atoms with Crippen LogP contribution in [0.15, 0.2) is 53.6 Å². The third-order valence-corrected chi connectivity index (χ3v) is 3.95. The average molecular weight is 228 g/mol. The van der Waals surface area contributed by atoms with Gasteiger partial charge in [-0.15, -0.1) is 11.8 Å². The molecule has 1 atom stereocenters. The van der Waals surface area contributed by atoms with Crippen LogP contribution in [0, 0.1) is 0 Å². The lowest BCUT2D eigenvalue weighted by Crippen LogP contribution is -2.15. The van der Waals surface area contributed by atoms with Crippen LogP contribution in [-0.2, 0) is 0 Å². The molecule has 1 unspecified atom stereocenters. The highest BCUT2D eigenvalue weighted by molar-refractivity contribution is 7.99. The van der Waals surface area contributed by atoms with Crippen molar-refractivity contribution >= 4 is 17.4 Å². The summed E-state index contributed by atoms with van der Waals surface area (Å²) in [6.45, 7) is 0.943. The number of aromatic nitrogens is 1. The predicted molar refractivity (Wildman–Crippen MR) is 67.8 cm³/mol. The van der Waals surface area contributed by atoms with E-state index >= 15 is 0 Å². The Balaban J connectivity index is 1.89. The SMILES string of the molecule is c1ccc(C2CNc3ccccc3S2)nc1. The molecule has 3 rings (SSSR count). The number of fused-ring (bicyclic) bond motifs is 1. The van der Waals surface area contributed by atoms with Crippen LogP contribution in [0.3, 0.4) is 0 Å². The molecule has 3 heteroatoms. The fraction of sp³-hybridized carbons (Fsp3) is 0.154. The highest BCUT2D eigenvalue weighted by atomic mass is 32.2. The van der Waals surface area contributed by atoms with Crippen LogP contribution in [0.2, 0.25) is 0 Å². The Morgan fingerprint density at radius 3 is 2.88 bits per heavy atom. The molecule has 0 spiro atoms. The molecule has 0 radical (unpaired) electrons. The van der Waals surface area contributed by atoms with Crippen molar-refractivity contribution in [2.45, 2.75) is 10.1 Å². The second-order valence-corrected chi connectivity index (χ2v) is 4.98. The van der Waals surface area contributed by atoms with E-state index in [-0.39, 0.29) is 0 Å². The standard InChI is InChI=1S/C13H12N2S/c1-2-7-12-10(5-1)15-9-13(16-12)11-6-3-4-8-14-11/h1-8,13,15H,9H2. The van der Waals surface area contributed by atoms with E-state index in [9.17, 15) is 0 Å². The van der Waals surface area contributed by atoms with Gasteiger partial charge in [-0.1, -0.05) is 18.2 Å². The summed E-state index contributed by atoms with van der Waals surface area (Å²) < 4.78 is 0. The van der Waals surface area contributed by atoms with Gasteiger partial charge in [-0.05, 0) is 24.3 Å². The minimum Gasteiger partial charge on any atom is -0.383 e. The van der Waals surface area contributed by atoms with Crippen LogP contribution in [-0.4, -0.2) is 11.5 Å². The summed E-state index contributed by atoms with van der Waals surface area (Å²) in [5, 5.41) is 3.86. The Morgan fingerprint density at radius 1 is 1.12 bits per heavy atom. The maximum Gasteiger partial charge on any atom is 0.0690 e. The fourth-order valence-electron chi connectivity index (χ4n) is 1.84. The van der Waals surface area contributed by atoms with Gasteiger partial charge in [0.25, 0.3) is 0 Å². The molecule has 1 aromatic heterocycles. The number of nitrogens with zero attached hydrogens (tertiary/aromatic N) is 1. The van der Waals surface area contributed by atoms with Crippen LogP contribution < -0.4 is 5.32 Å². The number of hydrogen-bond acceptors (Lipinski definition) is 3. The zero-order valence-electron chi connectivity index (χ0n) is 8.76. The molecular formula is C13H12N2S. The quantitative estimate of drug-likeness (QED) is 0.810. The summed E-state index contributed by atoms with van der Waals surface area (Å²) in [5.41, 5.74) is 2.38. The summed E-state index contributed by atoms with van der Waals surface area (Å²) in [4.78, 5) is 5.72. The third-order valence-electron chi connectivity index (χ3n) is 2.65. The molecule has 2 heterocycles. The van der Waals surface area contributed by atoms with Gasteiger partial charge in [-0.25, -0.2) is 0 Å². The second kappa shape index (κ2) is 4.18. The molecule has 0 fully saturated rings. The lowest BCUT2D eigenvalue weighted by atomic mass is 10.2. The van der Waals surface area contributed by atoms with Gasteiger partial charge < -0.3 is 5.32 Å². The van der Waals surface area contributed by atoms with E-state index in [0.717, 1.165) is 12.2 Å². The molecule has 16 heavy (non-hydrogen) atoms. The van der Waals surface area contributed by atoms with E-state index in [0.29, 0.717) is 5.25 Å². The zero-order chi connectivity index (χ0) is 10.8. The van der Waals surface area contributed by atoms with Crippen LogP contribution in [0.4, 0.5) is 5.69 Å². The van der Waals surface area contributed by atoms with Gasteiger partial charge in [0.15, 0.2) is 0 Å². The van der Waals surface area contributed by atoms with Crippen molar-refractivity contribution < 1.29 is 0 Å². The molecule has 2 nitrogen and oxygen atoms in total. The number of thioether (sulfide) groups is 1. The average Bonchev–Trinajstić information content (AvgIpc) is 2.39. The summed E-state index contributed by atoms with van der Waals surface area (Å²) in [6.07, 6.45) is 1.86. The van der Waals surface area contributed by atoms with Gasteiger partial charge in [0.1, 0.15) is 0 Å². The van der Waals surface area contributed by atoms with Crippen molar-refractivity contribution in [1.29, 1.82) is 0 Å². The molecule has 0 amide bonds. The Bertz CT molecular complexity index is 484. The maximum atomic E-state index is 4.41. The van der Waals surface area contributed by atoms with Gasteiger partial charge in [0, 0.05) is 23.3 Å². The Morgan fingerprint density at radius 2 is 2.00 bits per heavy atom. The predicted octanol–water partition coefficient (Wildman–Crippen LogP) is 3.34. The Hall–Kier alpha value is -1.48. The van der Waals surface area contributed by atoms with E-state index in [2.05, 4.69) is 40.6 Å². The molecular weight excluding hydrogens is 216 g/mol. The van der Waals surface area contributed by atoms with Gasteiger partial charge in [0.2, 0.25) is 0 Å². The minimum absolute atomic E-state index is 0.413. The third kappa shape index (κ3) is 1.78.